The van der Waals surface area contributed by atoms with Gasteiger partial charge < -0.3 is 19.9 Å². The van der Waals surface area contributed by atoms with Crippen LogP contribution in [0.1, 0.15) is 42.5 Å². The third-order valence-corrected chi connectivity index (χ3v) is 6.11. The van der Waals surface area contributed by atoms with Crippen molar-refractivity contribution in [3.63, 3.8) is 0 Å². The summed E-state index contributed by atoms with van der Waals surface area (Å²) >= 11 is 0. The molecule has 0 radical (unpaired) electrons. The minimum absolute atomic E-state index is 0.0367. The first-order valence-electron chi connectivity index (χ1n) is 9.52. The highest BCUT2D eigenvalue weighted by Gasteiger charge is 2.47. The van der Waals surface area contributed by atoms with Gasteiger partial charge in [-0.2, -0.15) is 0 Å². The normalized spacial score (nSPS) is 25.3. The van der Waals surface area contributed by atoms with Crippen LogP contribution in [0.15, 0.2) is 12.3 Å². The number of amides is 2. The van der Waals surface area contributed by atoms with Crippen LogP contribution in [-0.4, -0.2) is 64.9 Å². The van der Waals surface area contributed by atoms with Crippen molar-refractivity contribution in [2.45, 2.75) is 43.7 Å². The van der Waals surface area contributed by atoms with Gasteiger partial charge in [0.1, 0.15) is 6.61 Å². The Morgan fingerprint density at radius 3 is 2.88 bits per heavy atom. The van der Waals surface area contributed by atoms with E-state index in [-0.39, 0.29) is 29.3 Å². The van der Waals surface area contributed by atoms with Gasteiger partial charge in [-0.3, -0.25) is 9.59 Å². The van der Waals surface area contributed by atoms with E-state index in [0.717, 1.165) is 37.9 Å². The predicted octanol–water partition coefficient (Wildman–Crippen LogP) is 1.50. The number of rotatable bonds is 3. The van der Waals surface area contributed by atoms with Crippen molar-refractivity contribution < 1.29 is 14.3 Å². The van der Waals surface area contributed by atoms with Crippen molar-refractivity contribution in [1.82, 2.24) is 14.8 Å². The van der Waals surface area contributed by atoms with E-state index in [2.05, 4.69) is 10.3 Å². The molecule has 0 unspecified atom stereocenters. The Balaban J connectivity index is 1.26. The Hall–Kier alpha value is -2.31. The lowest BCUT2D eigenvalue weighted by molar-refractivity contribution is -0.133. The van der Waals surface area contributed by atoms with Crippen LogP contribution in [0.2, 0.25) is 0 Å². The summed E-state index contributed by atoms with van der Waals surface area (Å²) in [6, 6.07) is 1.91. The lowest BCUT2D eigenvalue weighted by Gasteiger charge is -2.27. The first kappa shape index (κ1) is 15.9. The molecule has 4 aliphatic rings. The van der Waals surface area contributed by atoms with E-state index in [1.807, 2.05) is 16.8 Å². The molecular weight excluding hydrogens is 332 g/mol. The Morgan fingerprint density at radius 2 is 2.15 bits per heavy atom. The minimum atomic E-state index is -0.0367. The summed E-state index contributed by atoms with van der Waals surface area (Å²) in [6.45, 7) is 1.90. The van der Waals surface area contributed by atoms with E-state index in [1.54, 1.807) is 12.3 Å². The highest BCUT2D eigenvalue weighted by molar-refractivity contribution is 5.95. The highest BCUT2D eigenvalue weighted by Crippen LogP contribution is 2.44. The molecule has 26 heavy (non-hydrogen) atoms. The second kappa shape index (κ2) is 5.59. The van der Waals surface area contributed by atoms with E-state index in [9.17, 15) is 9.59 Å². The van der Waals surface area contributed by atoms with Crippen LogP contribution in [0.25, 0.3) is 0 Å². The first-order valence-corrected chi connectivity index (χ1v) is 9.52. The lowest BCUT2D eigenvalue weighted by Crippen LogP contribution is -2.40. The van der Waals surface area contributed by atoms with Crippen LogP contribution in [0.5, 0.6) is 5.75 Å². The maximum absolute atomic E-state index is 12.9. The van der Waals surface area contributed by atoms with Crippen LogP contribution in [0, 0.1) is 5.92 Å². The molecule has 7 heteroatoms. The molecule has 138 valence electrons. The van der Waals surface area contributed by atoms with E-state index < -0.39 is 0 Å². The van der Waals surface area contributed by atoms with Gasteiger partial charge in [0.2, 0.25) is 5.91 Å². The zero-order chi connectivity index (χ0) is 17.9. The van der Waals surface area contributed by atoms with Crippen LogP contribution in [-0.2, 0) is 4.79 Å². The molecule has 1 spiro atoms. The number of aromatic nitrogens is 1. The number of pyridine rings is 1. The number of nitrogens with zero attached hydrogens (tertiary/aromatic N) is 3. The standard InChI is InChI=1S/C19H24N4O3/c1-22(17(24)12-2-3-12)14-4-7-23(10-14)18(25)13-8-15-16(20-9-13)21-19(5-6-19)11-26-15/h8-9,12,14H,2-7,10-11H2,1H3,(H,20,21)/t14-/m0/s1. The molecule has 2 amide bonds. The van der Waals surface area contributed by atoms with E-state index in [0.29, 0.717) is 31.0 Å². The molecule has 5 rings (SSSR count). The van der Waals surface area contributed by atoms with Gasteiger partial charge in [0.25, 0.3) is 5.91 Å². The van der Waals surface area contributed by atoms with Crippen LogP contribution >= 0.6 is 0 Å². The van der Waals surface area contributed by atoms with Gasteiger partial charge in [-0.25, -0.2) is 4.98 Å². The number of ether oxygens (including phenoxy) is 1. The van der Waals surface area contributed by atoms with Crippen molar-refractivity contribution >= 4 is 17.6 Å². The highest BCUT2D eigenvalue weighted by atomic mass is 16.5. The second-order valence-corrected chi connectivity index (χ2v) is 8.18. The molecule has 2 saturated carbocycles. The summed E-state index contributed by atoms with van der Waals surface area (Å²) in [5.74, 6) is 1.80. The lowest BCUT2D eigenvalue weighted by atomic mass is 10.2. The van der Waals surface area contributed by atoms with Gasteiger partial charge in [-0.15, -0.1) is 0 Å². The monoisotopic (exact) mass is 356 g/mol. The molecule has 3 fully saturated rings. The third kappa shape index (κ3) is 2.70. The van der Waals surface area contributed by atoms with Gasteiger partial charge in [-0.05, 0) is 38.2 Å². The molecule has 2 aliphatic carbocycles. The largest absolute Gasteiger partial charge is 0.487 e. The Bertz CT molecular complexity index is 772. The summed E-state index contributed by atoms with van der Waals surface area (Å²) in [6.07, 6.45) is 6.70. The maximum Gasteiger partial charge on any atom is 0.255 e. The van der Waals surface area contributed by atoms with Crippen molar-refractivity contribution in [3.8, 4) is 5.75 Å². The molecule has 1 N–H and O–H groups in total. The number of likely N-dealkylation sites (N-methyl/N-ethyl adjacent to an activating group) is 1. The fourth-order valence-electron chi connectivity index (χ4n) is 3.91. The topological polar surface area (TPSA) is 74.8 Å². The number of nitrogens with one attached hydrogen (secondary N) is 1. The Morgan fingerprint density at radius 1 is 1.35 bits per heavy atom. The fourth-order valence-corrected chi connectivity index (χ4v) is 3.91. The molecule has 1 saturated heterocycles. The van der Waals surface area contributed by atoms with Crippen molar-refractivity contribution in [2.24, 2.45) is 5.92 Å². The summed E-state index contributed by atoms with van der Waals surface area (Å²) in [5, 5.41) is 3.43. The van der Waals surface area contributed by atoms with Crippen LogP contribution < -0.4 is 10.1 Å². The SMILES string of the molecule is CN(C(=O)C1CC1)[C@H]1CCN(C(=O)c2cnc3c(c2)OCC2(CC2)N3)C1. The van der Waals surface area contributed by atoms with Gasteiger partial charge in [0.15, 0.2) is 11.6 Å². The van der Waals surface area contributed by atoms with Crippen molar-refractivity contribution in [1.29, 1.82) is 0 Å². The number of likely N-dealkylation sites (tertiary alicyclic amines) is 1. The summed E-state index contributed by atoms with van der Waals surface area (Å²) < 4.78 is 5.83. The molecule has 2 aliphatic heterocycles. The average molecular weight is 356 g/mol. The molecule has 1 atom stereocenters. The number of hydrogen-bond acceptors (Lipinski definition) is 5. The zero-order valence-corrected chi connectivity index (χ0v) is 15.0. The molecule has 1 aromatic rings. The summed E-state index contributed by atoms with van der Waals surface area (Å²) in [7, 11) is 1.87. The first-order chi connectivity index (χ1) is 12.5. The number of hydrogen-bond donors (Lipinski definition) is 1. The predicted molar refractivity (Wildman–Crippen MR) is 95.1 cm³/mol. The van der Waals surface area contributed by atoms with Gasteiger partial charge in [-0.1, -0.05) is 0 Å². The van der Waals surface area contributed by atoms with Gasteiger partial charge >= 0.3 is 0 Å². The molecular formula is C19H24N4O3. The number of fused-ring (bicyclic) bond motifs is 1. The number of anilines is 1. The van der Waals surface area contributed by atoms with Crippen molar-refractivity contribution in [2.75, 3.05) is 32.1 Å². The quantitative estimate of drug-likeness (QED) is 0.888. The molecule has 7 nitrogen and oxygen atoms in total. The smallest absolute Gasteiger partial charge is 0.255 e. The molecule has 0 aromatic carbocycles. The van der Waals surface area contributed by atoms with Crippen molar-refractivity contribution in [3.05, 3.63) is 17.8 Å². The van der Waals surface area contributed by atoms with E-state index in [1.165, 1.54) is 0 Å². The number of carbonyl (C=O) groups excluding carboxylic acids is 2. The Kier molecular flexibility index (Phi) is 3.42. The minimum Gasteiger partial charge on any atom is -0.487 e. The van der Waals surface area contributed by atoms with Crippen LogP contribution in [0.3, 0.4) is 0 Å². The maximum atomic E-state index is 12.9. The summed E-state index contributed by atoms with van der Waals surface area (Å²) in [5.41, 5.74) is 0.626. The fraction of sp³-hybridized carbons (Fsp3) is 0.632. The Labute approximate surface area is 152 Å². The second-order valence-electron chi connectivity index (χ2n) is 8.18. The van der Waals surface area contributed by atoms with E-state index in [4.69, 9.17) is 4.74 Å². The van der Waals surface area contributed by atoms with Crippen LogP contribution in [0.4, 0.5) is 5.82 Å². The summed E-state index contributed by atoms with van der Waals surface area (Å²) in [4.78, 5) is 33.2. The molecule has 3 heterocycles. The van der Waals surface area contributed by atoms with Gasteiger partial charge in [0, 0.05) is 32.3 Å². The average Bonchev–Trinajstić information content (AvgIpc) is 3.59. The molecule has 0 bridgehead atoms. The number of carbonyl (C=O) groups is 2. The van der Waals surface area contributed by atoms with Gasteiger partial charge in [0.05, 0.1) is 17.1 Å². The molecule has 1 aromatic heterocycles. The third-order valence-electron chi connectivity index (χ3n) is 6.11. The zero-order valence-electron chi connectivity index (χ0n) is 15.0. The van der Waals surface area contributed by atoms with E-state index >= 15 is 0 Å².